The van der Waals surface area contributed by atoms with E-state index in [1.807, 2.05) is 0 Å². The molecule has 0 heterocycles. The van der Waals surface area contributed by atoms with Crippen LogP contribution in [0.1, 0.15) is 44.1 Å². The Morgan fingerprint density at radius 3 is 2.56 bits per heavy atom. The Morgan fingerprint density at radius 1 is 1.17 bits per heavy atom. The lowest BCUT2D eigenvalue weighted by Gasteiger charge is -2.56. The standard InChI is InChI=1S/C16H23NO/c1-12-7-3-4-8-13(12)18-15-11-14(17)16(15)9-5-2-6-10-16/h3-4,7-8,14-15H,2,5-6,9-11,17H2,1H3. The van der Waals surface area contributed by atoms with Gasteiger partial charge in [0.15, 0.2) is 0 Å². The SMILES string of the molecule is Cc1ccccc1OC1CC(N)C12CCCCC2. The molecule has 2 saturated carbocycles. The summed E-state index contributed by atoms with van der Waals surface area (Å²) < 4.78 is 6.26. The number of benzene rings is 1. The maximum Gasteiger partial charge on any atom is 0.122 e. The molecule has 0 aromatic heterocycles. The summed E-state index contributed by atoms with van der Waals surface area (Å²) in [5.41, 5.74) is 7.79. The molecule has 0 saturated heterocycles. The van der Waals surface area contributed by atoms with Gasteiger partial charge in [0, 0.05) is 17.9 Å². The predicted octanol–water partition coefficient (Wildman–Crippen LogP) is 3.42. The lowest BCUT2D eigenvalue weighted by Crippen LogP contribution is -2.64. The van der Waals surface area contributed by atoms with E-state index in [1.54, 1.807) is 0 Å². The Hall–Kier alpha value is -1.02. The summed E-state index contributed by atoms with van der Waals surface area (Å²) in [5, 5.41) is 0. The van der Waals surface area contributed by atoms with Crippen LogP contribution in [0.25, 0.3) is 0 Å². The highest BCUT2D eigenvalue weighted by atomic mass is 16.5. The third-order valence-electron chi connectivity index (χ3n) is 4.99. The number of hydrogen-bond acceptors (Lipinski definition) is 2. The fourth-order valence-corrected chi connectivity index (χ4v) is 3.69. The lowest BCUT2D eigenvalue weighted by molar-refractivity contribution is -0.0900. The van der Waals surface area contributed by atoms with Gasteiger partial charge < -0.3 is 10.5 Å². The van der Waals surface area contributed by atoms with E-state index in [9.17, 15) is 0 Å². The summed E-state index contributed by atoms with van der Waals surface area (Å²) in [7, 11) is 0. The minimum absolute atomic E-state index is 0.278. The Bertz CT molecular complexity index is 423. The molecule has 0 aliphatic heterocycles. The number of rotatable bonds is 2. The maximum absolute atomic E-state index is 6.29. The molecule has 2 N–H and O–H groups in total. The van der Waals surface area contributed by atoms with E-state index in [1.165, 1.54) is 37.7 Å². The first-order chi connectivity index (χ1) is 8.72. The second-order valence-electron chi connectivity index (χ2n) is 6.01. The third-order valence-corrected chi connectivity index (χ3v) is 4.99. The van der Waals surface area contributed by atoms with Gasteiger partial charge in [0.2, 0.25) is 0 Å². The van der Waals surface area contributed by atoms with Crippen LogP contribution < -0.4 is 10.5 Å². The molecule has 1 spiro atoms. The van der Waals surface area contributed by atoms with Crippen LogP contribution in [0.4, 0.5) is 0 Å². The van der Waals surface area contributed by atoms with Gasteiger partial charge in [-0.3, -0.25) is 0 Å². The van der Waals surface area contributed by atoms with Gasteiger partial charge in [0.1, 0.15) is 11.9 Å². The van der Waals surface area contributed by atoms with Crippen molar-refractivity contribution in [1.82, 2.24) is 0 Å². The first-order valence-corrected chi connectivity index (χ1v) is 7.20. The highest BCUT2D eigenvalue weighted by Gasteiger charge is 2.54. The molecule has 2 aliphatic carbocycles. The van der Waals surface area contributed by atoms with Gasteiger partial charge in [-0.05, 0) is 31.4 Å². The summed E-state index contributed by atoms with van der Waals surface area (Å²) in [4.78, 5) is 0. The molecular weight excluding hydrogens is 222 g/mol. The predicted molar refractivity (Wildman–Crippen MR) is 73.7 cm³/mol. The van der Waals surface area contributed by atoms with Crippen molar-refractivity contribution < 1.29 is 4.74 Å². The van der Waals surface area contributed by atoms with Crippen molar-refractivity contribution in [3.05, 3.63) is 29.8 Å². The summed E-state index contributed by atoms with van der Waals surface area (Å²) >= 11 is 0. The molecule has 2 atom stereocenters. The maximum atomic E-state index is 6.29. The zero-order valence-electron chi connectivity index (χ0n) is 11.2. The molecule has 1 aromatic rings. The minimum atomic E-state index is 0.278. The molecular formula is C16H23NO. The van der Waals surface area contributed by atoms with Crippen LogP contribution in [0.15, 0.2) is 24.3 Å². The average Bonchev–Trinajstić information content (AvgIpc) is 2.41. The number of para-hydroxylation sites is 1. The number of aryl methyl sites for hydroxylation is 1. The first-order valence-electron chi connectivity index (χ1n) is 7.20. The van der Waals surface area contributed by atoms with E-state index >= 15 is 0 Å². The van der Waals surface area contributed by atoms with Gasteiger partial charge in [-0.25, -0.2) is 0 Å². The fourth-order valence-electron chi connectivity index (χ4n) is 3.69. The van der Waals surface area contributed by atoms with Crippen molar-refractivity contribution in [3.63, 3.8) is 0 Å². The highest BCUT2D eigenvalue weighted by Crippen LogP contribution is 2.52. The third kappa shape index (κ3) is 1.83. The zero-order chi connectivity index (χ0) is 12.6. The Morgan fingerprint density at radius 2 is 1.89 bits per heavy atom. The lowest BCUT2D eigenvalue weighted by atomic mass is 9.55. The van der Waals surface area contributed by atoms with E-state index in [2.05, 4.69) is 31.2 Å². The minimum Gasteiger partial charge on any atom is -0.489 e. The van der Waals surface area contributed by atoms with Crippen LogP contribution in [0, 0.1) is 12.3 Å². The Kier molecular flexibility index (Phi) is 3.06. The van der Waals surface area contributed by atoms with Crippen molar-refractivity contribution in [2.24, 2.45) is 11.1 Å². The molecule has 2 unspecified atom stereocenters. The highest BCUT2D eigenvalue weighted by molar-refractivity contribution is 5.32. The topological polar surface area (TPSA) is 35.2 Å². The van der Waals surface area contributed by atoms with Gasteiger partial charge in [-0.2, -0.15) is 0 Å². The van der Waals surface area contributed by atoms with Crippen LogP contribution in [0.3, 0.4) is 0 Å². The van der Waals surface area contributed by atoms with Crippen LogP contribution in [0.2, 0.25) is 0 Å². The smallest absolute Gasteiger partial charge is 0.122 e. The van der Waals surface area contributed by atoms with Gasteiger partial charge in [0.05, 0.1) is 0 Å². The number of nitrogens with two attached hydrogens (primary N) is 1. The van der Waals surface area contributed by atoms with E-state index in [4.69, 9.17) is 10.5 Å². The zero-order valence-corrected chi connectivity index (χ0v) is 11.2. The average molecular weight is 245 g/mol. The molecule has 1 aromatic carbocycles. The summed E-state index contributed by atoms with van der Waals surface area (Å²) in [6, 6.07) is 8.66. The Balaban J connectivity index is 1.75. The van der Waals surface area contributed by atoms with Crippen molar-refractivity contribution >= 4 is 0 Å². The normalized spacial score (nSPS) is 29.9. The number of ether oxygens (including phenoxy) is 1. The van der Waals surface area contributed by atoms with E-state index in [-0.39, 0.29) is 5.41 Å². The van der Waals surface area contributed by atoms with Crippen molar-refractivity contribution in [2.75, 3.05) is 0 Å². The van der Waals surface area contributed by atoms with E-state index < -0.39 is 0 Å². The van der Waals surface area contributed by atoms with Gasteiger partial charge in [-0.1, -0.05) is 37.5 Å². The molecule has 0 amide bonds. The fraction of sp³-hybridized carbons (Fsp3) is 0.625. The molecule has 3 rings (SSSR count). The largest absolute Gasteiger partial charge is 0.489 e. The second-order valence-corrected chi connectivity index (χ2v) is 6.01. The quantitative estimate of drug-likeness (QED) is 0.866. The van der Waals surface area contributed by atoms with Crippen LogP contribution in [0.5, 0.6) is 5.75 Å². The van der Waals surface area contributed by atoms with E-state index in [0.29, 0.717) is 12.1 Å². The number of hydrogen-bond donors (Lipinski definition) is 1. The summed E-state index contributed by atoms with van der Waals surface area (Å²) in [5.74, 6) is 1.04. The second kappa shape index (κ2) is 4.58. The van der Waals surface area contributed by atoms with Crippen molar-refractivity contribution in [1.29, 1.82) is 0 Å². The van der Waals surface area contributed by atoms with Crippen molar-refractivity contribution in [2.45, 2.75) is 57.6 Å². The molecule has 2 nitrogen and oxygen atoms in total. The molecule has 98 valence electrons. The molecule has 2 fully saturated rings. The molecule has 0 radical (unpaired) electrons. The van der Waals surface area contributed by atoms with Crippen LogP contribution in [-0.4, -0.2) is 12.1 Å². The van der Waals surface area contributed by atoms with Crippen molar-refractivity contribution in [3.8, 4) is 5.75 Å². The summed E-state index contributed by atoms with van der Waals surface area (Å²) in [6.07, 6.45) is 7.88. The van der Waals surface area contributed by atoms with Gasteiger partial charge in [-0.15, -0.1) is 0 Å². The van der Waals surface area contributed by atoms with Crippen LogP contribution >= 0.6 is 0 Å². The first kappa shape index (κ1) is 12.0. The van der Waals surface area contributed by atoms with Gasteiger partial charge >= 0.3 is 0 Å². The van der Waals surface area contributed by atoms with E-state index in [0.717, 1.165) is 12.2 Å². The molecule has 2 aliphatic rings. The van der Waals surface area contributed by atoms with Gasteiger partial charge in [0.25, 0.3) is 0 Å². The molecule has 18 heavy (non-hydrogen) atoms. The van der Waals surface area contributed by atoms with Crippen LogP contribution in [-0.2, 0) is 0 Å². The summed E-state index contributed by atoms with van der Waals surface area (Å²) in [6.45, 7) is 2.11. The Labute approximate surface area is 110 Å². The molecule has 2 heteroatoms. The monoisotopic (exact) mass is 245 g/mol. The molecule has 0 bridgehead atoms.